The average Bonchev–Trinajstić information content (AvgIpc) is 2.63. The Morgan fingerprint density at radius 1 is 1.36 bits per heavy atom. The Morgan fingerprint density at radius 2 is 1.91 bits per heavy atom. The van der Waals surface area contributed by atoms with Gasteiger partial charge in [0.15, 0.2) is 6.54 Å². The first kappa shape index (κ1) is 17.6. The van der Waals surface area contributed by atoms with E-state index in [1.165, 1.54) is 31.2 Å². The number of nitrogens with zero attached hydrogens (tertiary/aromatic N) is 1. The maximum Gasteiger partial charge on any atom is 0.430 e. The van der Waals surface area contributed by atoms with Gasteiger partial charge in [0.1, 0.15) is 17.6 Å². The predicted octanol–water partition coefficient (Wildman–Crippen LogP) is 0.423. The van der Waals surface area contributed by atoms with Gasteiger partial charge < -0.3 is 10.8 Å². The molecule has 5 N–H and O–H groups in total. The Hall–Kier alpha value is -2.45. The summed E-state index contributed by atoms with van der Waals surface area (Å²) >= 11 is 0. The molecular weight excluding hydrogens is 312 g/mol. The smallest absolute Gasteiger partial charge is 0.430 e. The van der Waals surface area contributed by atoms with Gasteiger partial charge in [-0.25, -0.2) is 14.4 Å². The maximum absolute atomic E-state index is 12.4. The van der Waals surface area contributed by atoms with E-state index in [-0.39, 0.29) is 23.9 Å². The number of nitrogen functional groups attached to an aromatic ring is 1. The molecule has 1 aromatic carbocycles. The number of benzene rings is 1. The van der Waals surface area contributed by atoms with Crippen molar-refractivity contribution in [3.8, 4) is 0 Å². The van der Waals surface area contributed by atoms with E-state index in [2.05, 4.69) is 5.32 Å². The highest BCUT2D eigenvalue weighted by Crippen LogP contribution is 2.29. The second kappa shape index (κ2) is 6.12. The van der Waals surface area contributed by atoms with E-state index >= 15 is 0 Å². The molecule has 0 bridgehead atoms. The topological polar surface area (TPSA) is 133 Å². The number of imide groups is 1. The van der Waals surface area contributed by atoms with E-state index in [1.54, 1.807) is 0 Å². The number of halogens is 1. The Morgan fingerprint density at radius 3 is 2.27 bits per heavy atom. The number of urea groups is 1. The number of carboxylic acids is 1. The number of hydrogen-bond donors (Lipinski definition) is 4. The standard InChI is InChI=1S/C13H14N4O4.ClH/c1-7-12(20)17(6-10(18)19,13(21)16-7)9-4-2-8(3-5-9)11(14)15;/h2-5,7H,6H2,1H3,(H4-,14,15,16,18,19,21);1H/p+1. The minimum atomic E-state index is -1.26. The molecule has 1 aliphatic rings. The van der Waals surface area contributed by atoms with Crippen LogP contribution in [0.15, 0.2) is 24.3 Å². The van der Waals surface area contributed by atoms with Crippen molar-refractivity contribution >= 4 is 41.8 Å². The number of rotatable bonds is 4. The van der Waals surface area contributed by atoms with Gasteiger partial charge in [-0.15, -0.1) is 16.9 Å². The molecule has 118 valence electrons. The summed E-state index contributed by atoms with van der Waals surface area (Å²) in [5.74, 6) is -1.95. The average molecular weight is 328 g/mol. The van der Waals surface area contributed by atoms with Crippen LogP contribution in [0.25, 0.3) is 0 Å². The maximum atomic E-state index is 12.4. The lowest BCUT2D eigenvalue weighted by atomic mass is 10.1. The van der Waals surface area contributed by atoms with Gasteiger partial charge in [-0.1, -0.05) is 0 Å². The van der Waals surface area contributed by atoms with Crippen LogP contribution in [0.5, 0.6) is 0 Å². The number of nitrogens with two attached hydrogens (primary N) is 1. The van der Waals surface area contributed by atoms with Gasteiger partial charge in [-0.3, -0.25) is 10.7 Å². The molecule has 0 radical (unpaired) electrons. The molecule has 2 atom stereocenters. The minimum absolute atomic E-state index is 0. The number of nitrogens with one attached hydrogen (secondary N) is 2. The molecule has 1 aliphatic heterocycles. The normalized spacial score (nSPS) is 23.6. The Balaban J connectivity index is 0.00000242. The van der Waals surface area contributed by atoms with Crippen LogP contribution in [-0.2, 0) is 9.59 Å². The fraction of sp³-hybridized carbons (Fsp3) is 0.231. The van der Waals surface area contributed by atoms with Gasteiger partial charge in [-0.2, -0.15) is 0 Å². The van der Waals surface area contributed by atoms with E-state index < -0.39 is 35.0 Å². The number of carbonyl (C=O) groups excluding carboxylic acids is 2. The molecule has 2 unspecified atom stereocenters. The number of carboxylic acid groups (broad SMARTS) is 1. The van der Waals surface area contributed by atoms with E-state index in [9.17, 15) is 14.4 Å². The molecule has 22 heavy (non-hydrogen) atoms. The largest absolute Gasteiger partial charge is 0.477 e. The molecule has 1 aromatic rings. The highest BCUT2D eigenvalue weighted by atomic mass is 35.5. The Labute approximate surface area is 132 Å². The zero-order valence-electron chi connectivity index (χ0n) is 11.7. The molecule has 8 nitrogen and oxygen atoms in total. The predicted molar refractivity (Wildman–Crippen MR) is 82.0 cm³/mol. The lowest BCUT2D eigenvalue weighted by Crippen LogP contribution is -2.58. The van der Waals surface area contributed by atoms with Crippen molar-refractivity contribution in [1.82, 2.24) is 9.80 Å². The summed E-state index contributed by atoms with van der Waals surface area (Å²) in [4.78, 5) is 35.6. The summed E-state index contributed by atoms with van der Waals surface area (Å²) in [6, 6.07) is 4.39. The van der Waals surface area contributed by atoms with E-state index in [0.29, 0.717) is 5.56 Å². The molecule has 0 aromatic heterocycles. The highest BCUT2D eigenvalue weighted by molar-refractivity contribution is 6.17. The second-order valence-corrected chi connectivity index (χ2v) is 4.83. The van der Waals surface area contributed by atoms with Gasteiger partial charge in [0.25, 0.3) is 0 Å². The zero-order valence-corrected chi connectivity index (χ0v) is 12.5. The third kappa shape index (κ3) is 2.66. The van der Waals surface area contributed by atoms with E-state index in [4.69, 9.17) is 16.2 Å². The van der Waals surface area contributed by atoms with Crippen molar-refractivity contribution in [3.63, 3.8) is 0 Å². The van der Waals surface area contributed by atoms with Gasteiger partial charge in [0.05, 0.1) is 0 Å². The first-order valence-electron chi connectivity index (χ1n) is 6.19. The lowest BCUT2D eigenvalue weighted by Gasteiger charge is -2.25. The molecule has 1 heterocycles. The van der Waals surface area contributed by atoms with Crippen molar-refractivity contribution in [2.75, 3.05) is 6.54 Å². The summed E-state index contributed by atoms with van der Waals surface area (Å²) in [7, 11) is 0. The first-order chi connectivity index (χ1) is 9.79. The van der Waals surface area contributed by atoms with Gasteiger partial charge in [-0.05, 0) is 19.1 Å². The molecule has 9 heteroatoms. The summed E-state index contributed by atoms with van der Waals surface area (Å²) in [6.07, 6.45) is 0. The van der Waals surface area contributed by atoms with Gasteiger partial charge in [0, 0.05) is 17.7 Å². The van der Waals surface area contributed by atoms with Crippen LogP contribution >= 0.6 is 12.4 Å². The Bertz CT molecular complexity index is 646. The third-order valence-corrected chi connectivity index (χ3v) is 3.42. The quantitative estimate of drug-likeness (QED) is 0.275. The van der Waals surface area contributed by atoms with Crippen molar-refractivity contribution in [3.05, 3.63) is 29.8 Å². The fourth-order valence-corrected chi connectivity index (χ4v) is 2.37. The van der Waals surface area contributed by atoms with Crippen molar-refractivity contribution in [1.29, 1.82) is 5.41 Å². The molecule has 0 saturated carbocycles. The van der Waals surface area contributed by atoms with Gasteiger partial charge in [0.2, 0.25) is 0 Å². The summed E-state index contributed by atoms with van der Waals surface area (Å²) in [6.45, 7) is 0.834. The number of carbonyl (C=O) groups is 3. The number of amides is 3. The number of hydrogen-bond acceptors (Lipinski definition) is 4. The zero-order chi connectivity index (χ0) is 15.8. The van der Waals surface area contributed by atoms with Crippen LogP contribution < -0.4 is 15.5 Å². The highest BCUT2D eigenvalue weighted by Gasteiger charge is 2.57. The van der Waals surface area contributed by atoms with E-state index in [1.807, 2.05) is 0 Å². The monoisotopic (exact) mass is 327 g/mol. The van der Waals surface area contributed by atoms with Crippen molar-refractivity contribution < 1.29 is 19.5 Å². The van der Waals surface area contributed by atoms with Crippen LogP contribution in [0.1, 0.15) is 12.5 Å². The molecule has 1 fully saturated rings. The number of quaternary nitrogens is 1. The summed E-state index contributed by atoms with van der Waals surface area (Å²) < 4.78 is -0.922. The molecule has 2 rings (SSSR count). The minimum Gasteiger partial charge on any atom is -0.477 e. The van der Waals surface area contributed by atoms with E-state index in [0.717, 1.165) is 0 Å². The van der Waals surface area contributed by atoms with Crippen molar-refractivity contribution in [2.45, 2.75) is 13.0 Å². The third-order valence-electron chi connectivity index (χ3n) is 3.42. The number of amidine groups is 1. The molecule has 0 spiro atoms. The molecular formula is C13H16ClN4O4+. The lowest BCUT2D eigenvalue weighted by molar-refractivity contribution is -0.141. The van der Waals surface area contributed by atoms with Crippen LogP contribution in [0.4, 0.5) is 10.5 Å². The summed E-state index contributed by atoms with van der Waals surface area (Å²) in [5.41, 5.74) is 6.00. The van der Waals surface area contributed by atoms with Gasteiger partial charge >= 0.3 is 17.9 Å². The van der Waals surface area contributed by atoms with Crippen molar-refractivity contribution in [2.24, 2.45) is 5.73 Å². The number of aliphatic carboxylic acids is 1. The van der Waals surface area contributed by atoms with Crippen LogP contribution in [0.3, 0.4) is 0 Å². The molecule has 0 aliphatic carbocycles. The van der Waals surface area contributed by atoms with Crippen LogP contribution in [-0.4, -0.2) is 41.4 Å². The second-order valence-electron chi connectivity index (χ2n) is 4.83. The van der Waals surface area contributed by atoms with Crippen LogP contribution in [0.2, 0.25) is 0 Å². The fourth-order valence-electron chi connectivity index (χ4n) is 2.37. The summed E-state index contributed by atoms with van der Waals surface area (Å²) in [5, 5.41) is 18.8. The SMILES string of the molecule is CC1NC(=O)[N+](CC(=O)O)(c2ccc(C(=N)N)cc2)C1=O.Cl. The first-order valence-corrected chi connectivity index (χ1v) is 6.19. The van der Waals surface area contributed by atoms with Crippen LogP contribution in [0, 0.1) is 5.41 Å². The Kier molecular flexibility index (Phi) is 4.90. The molecule has 3 amide bonds. The molecule has 1 saturated heterocycles.